The number of hydrogen-bond donors (Lipinski definition) is 2. The molecule has 0 bridgehead atoms. The zero-order chi connectivity index (χ0) is 9.14. The Bertz CT molecular complexity index is 287. The quantitative estimate of drug-likeness (QED) is 0.779. The van der Waals surface area contributed by atoms with Gasteiger partial charge in [-0.1, -0.05) is 11.6 Å². The van der Waals surface area contributed by atoms with E-state index in [1.165, 1.54) is 11.3 Å². The molecule has 0 aliphatic heterocycles. The lowest BCUT2D eigenvalue weighted by atomic mass is 10.2. The third-order valence-corrected chi connectivity index (χ3v) is 2.74. The van der Waals surface area contributed by atoms with Gasteiger partial charge >= 0.3 is 0 Å². The summed E-state index contributed by atoms with van der Waals surface area (Å²) in [6, 6.07) is 3.24. The van der Waals surface area contributed by atoms with Crippen molar-refractivity contribution in [2.45, 2.75) is 12.5 Å². The minimum Gasteiger partial charge on any atom is -0.370 e. The van der Waals surface area contributed by atoms with E-state index in [1.54, 1.807) is 12.1 Å². The first-order valence-electron chi connectivity index (χ1n) is 3.38. The molecule has 0 aliphatic rings. The summed E-state index contributed by atoms with van der Waals surface area (Å²) in [4.78, 5) is 11.4. The fourth-order valence-corrected chi connectivity index (χ4v) is 1.91. The fourth-order valence-electron chi connectivity index (χ4n) is 0.845. The van der Waals surface area contributed by atoms with Gasteiger partial charge in [0.05, 0.1) is 4.34 Å². The molecule has 1 unspecified atom stereocenters. The Balaban J connectivity index is 2.64. The summed E-state index contributed by atoms with van der Waals surface area (Å²) in [5.74, 6) is -0.396. The van der Waals surface area contributed by atoms with Crippen LogP contribution in [0.2, 0.25) is 4.34 Å². The average molecular weight is 205 g/mol. The Morgan fingerprint density at radius 2 is 2.33 bits per heavy atom. The molecule has 0 fully saturated rings. The number of primary amides is 1. The van der Waals surface area contributed by atoms with Crippen LogP contribution in [0.15, 0.2) is 12.1 Å². The van der Waals surface area contributed by atoms with Crippen LogP contribution >= 0.6 is 22.9 Å². The minimum absolute atomic E-state index is 0.164. The molecule has 1 atom stereocenters. The van der Waals surface area contributed by atoms with Crippen LogP contribution in [0.4, 0.5) is 0 Å². The van der Waals surface area contributed by atoms with Crippen molar-refractivity contribution >= 4 is 28.8 Å². The lowest BCUT2D eigenvalue weighted by Crippen LogP contribution is -2.19. The van der Waals surface area contributed by atoms with E-state index in [2.05, 4.69) is 0 Å². The van der Waals surface area contributed by atoms with Crippen LogP contribution in [-0.4, -0.2) is 5.91 Å². The van der Waals surface area contributed by atoms with Crippen molar-refractivity contribution in [2.24, 2.45) is 11.5 Å². The van der Waals surface area contributed by atoms with Crippen LogP contribution in [0.1, 0.15) is 17.3 Å². The summed E-state index contributed by atoms with van der Waals surface area (Å²) in [6.07, 6.45) is 0.164. The highest BCUT2D eigenvalue weighted by Crippen LogP contribution is 2.26. The maximum atomic E-state index is 10.5. The van der Waals surface area contributed by atoms with Crippen molar-refractivity contribution in [3.05, 3.63) is 21.3 Å². The van der Waals surface area contributed by atoms with Crippen molar-refractivity contribution < 1.29 is 4.79 Å². The molecule has 66 valence electrons. The van der Waals surface area contributed by atoms with Gasteiger partial charge in [-0.05, 0) is 12.1 Å². The van der Waals surface area contributed by atoms with Crippen LogP contribution < -0.4 is 11.5 Å². The highest BCUT2D eigenvalue weighted by molar-refractivity contribution is 7.16. The van der Waals surface area contributed by atoms with Crippen LogP contribution in [0.5, 0.6) is 0 Å². The third kappa shape index (κ3) is 2.48. The molecule has 0 aliphatic carbocycles. The summed E-state index contributed by atoms with van der Waals surface area (Å²) in [5, 5.41) is 0. The van der Waals surface area contributed by atoms with E-state index < -0.39 is 5.91 Å². The predicted octanol–water partition coefficient (Wildman–Crippen LogP) is 1.28. The summed E-state index contributed by atoms with van der Waals surface area (Å²) in [5.41, 5.74) is 10.7. The maximum Gasteiger partial charge on any atom is 0.219 e. The van der Waals surface area contributed by atoms with Crippen molar-refractivity contribution in [2.75, 3.05) is 0 Å². The van der Waals surface area contributed by atoms with Gasteiger partial charge in [-0.3, -0.25) is 4.79 Å². The molecule has 0 spiro atoms. The molecule has 0 saturated heterocycles. The first-order chi connectivity index (χ1) is 5.59. The van der Waals surface area contributed by atoms with Crippen LogP contribution in [0.3, 0.4) is 0 Å². The van der Waals surface area contributed by atoms with Gasteiger partial charge in [0.15, 0.2) is 0 Å². The Labute approximate surface area is 79.3 Å². The lowest BCUT2D eigenvalue weighted by Gasteiger charge is -2.04. The van der Waals surface area contributed by atoms with Crippen LogP contribution in [-0.2, 0) is 4.79 Å². The van der Waals surface area contributed by atoms with E-state index in [0.717, 1.165) is 4.88 Å². The van der Waals surface area contributed by atoms with E-state index in [1.807, 2.05) is 0 Å². The second-order valence-corrected chi connectivity index (χ2v) is 4.17. The summed E-state index contributed by atoms with van der Waals surface area (Å²) >= 11 is 7.06. The van der Waals surface area contributed by atoms with Crippen LogP contribution in [0.25, 0.3) is 0 Å². The highest BCUT2D eigenvalue weighted by atomic mass is 35.5. The van der Waals surface area contributed by atoms with E-state index in [0.29, 0.717) is 4.34 Å². The largest absolute Gasteiger partial charge is 0.370 e. The number of carbonyl (C=O) groups is 1. The number of rotatable bonds is 3. The Hall–Kier alpha value is -0.580. The van der Waals surface area contributed by atoms with Crippen molar-refractivity contribution in [3.8, 4) is 0 Å². The van der Waals surface area contributed by atoms with E-state index >= 15 is 0 Å². The minimum atomic E-state index is -0.396. The number of amides is 1. The van der Waals surface area contributed by atoms with E-state index in [4.69, 9.17) is 23.1 Å². The number of thiophene rings is 1. The van der Waals surface area contributed by atoms with Crippen molar-refractivity contribution in [1.29, 1.82) is 0 Å². The standard InChI is InChI=1S/C7H9ClN2OS/c8-6-2-1-5(12-6)4(9)3-7(10)11/h1-2,4H,3,9H2,(H2,10,11). The molecule has 0 radical (unpaired) electrons. The van der Waals surface area contributed by atoms with Gasteiger partial charge < -0.3 is 11.5 Å². The smallest absolute Gasteiger partial charge is 0.219 e. The number of hydrogen-bond acceptors (Lipinski definition) is 3. The fraction of sp³-hybridized carbons (Fsp3) is 0.286. The van der Waals surface area contributed by atoms with Gasteiger partial charge in [-0.15, -0.1) is 11.3 Å². The SMILES string of the molecule is NC(=O)CC(N)c1ccc(Cl)s1. The van der Waals surface area contributed by atoms with Crippen molar-refractivity contribution in [1.82, 2.24) is 0 Å². The molecule has 12 heavy (non-hydrogen) atoms. The molecule has 3 nitrogen and oxygen atoms in total. The monoisotopic (exact) mass is 204 g/mol. The Morgan fingerprint density at radius 1 is 1.67 bits per heavy atom. The second kappa shape index (κ2) is 3.89. The number of nitrogens with two attached hydrogens (primary N) is 2. The van der Waals surface area contributed by atoms with Gasteiger partial charge in [-0.2, -0.15) is 0 Å². The lowest BCUT2D eigenvalue weighted by molar-refractivity contribution is -0.118. The molecule has 1 amide bonds. The van der Waals surface area contributed by atoms with Crippen molar-refractivity contribution in [3.63, 3.8) is 0 Å². The van der Waals surface area contributed by atoms with Crippen LogP contribution in [0, 0.1) is 0 Å². The third-order valence-electron chi connectivity index (χ3n) is 1.38. The molecule has 1 aromatic heterocycles. The zero-order valence-corrected chi connectivity index (χ0v) is 7.86. The zero-order valence-electron chi connectivity index (χ0n) is 6.29. The summed E-state index contributed by atoms with van der Waals surface area (Å²) in [7, 11) is 0. The normalized spacial score (nSPS) is 12.8. The van der Waals surface area contributed by atoms with Gasteiger partial charge in [0.1, 0.15) is 0 Å². The van der Waals surface area contributed by atoms with Gasteiger partial charge in [0, 0.05) is 17.3 Å². The number of halogens is 1. The van der Waals surface area contributed by atoms with E-state index in [9.17, 15) is 4.79 Å². The molecule has 0 saturated carbocycles. The molecular weight excluding hydrogens is 196 g/mol. The van der Waals surface area contributed by atoms with E-state index in [-0.39, 0.29) is 12.5 Å². The molecule has 4 N–H and O–H groups in total. The average Bonchev–Trinajstić information content (AvgIpc) is 2.34. The molecule has 1 heterocycles. The summed E-state index contributed by atoms with van der Waals surface area (Å²) in [6.45, 7) is 0. The highest BCUT2D eigenvalue weighted by Gasteiger charge is 2.10. The van der Waals surface area contributed by atoms with Gasteiger partial charge in [0.2, 0.25) is 5.91 Å². The number of carbonyl (C=O) groups excluding carboxylic acids is 1. The first-order valence-corrected chi connectivity index (χ1v) is 4.58. The molecule has 0 aromatic carbocycles. The second-order valence-electron chi connectivity index (χ2n) is 2.42. The topological polar surface area (TPSA) is 69.1 Å². The molecular formula is C7H9ClN2OS. The molecule has 1 rings (SSSR count). The van der Waals surface area contributed by atoms with Gasteiger partial charge in [-0.25, -0.2) is 0 Å². The Morgan fingerprint density at radius 3 is 2.75 bits per heavy atom. The maximum absolute atomic E-state index is 10.5. The molecule has 5 heteroatoms. The van der Waals surface area contributed by atoms with Gasteiger partial charge in [0.25, 0.3) is 0 Å². The first kappa shape index (κ1) is 9.51. The molecule has 1 aromatic rings. The predicted molar refractivity (Wildman–Crippen MR) is 50.1 cm³/mol. The Kier molecular flexibility index (Phi) is 3.08. The summed E-state index contributed by atoms with van der Waals surface area (Å²) < 4.78 is 0.671.